The van der Waals surface area contributed by atoms with Crippen LogP contribution in [-0.4, -0.2) is 16.9 Å². The Bertz CT molecular complexity index is 1040. The van der Waals surface area contributed by atoms with Crippen molar-refractivity contribution in [2.24, 2.45) is 5.92 Å². The summed E-state index contributed by atoms with van der Waals surface area (Å²) in [5.41, 5.74) is 1.25. The summed E-state index contributed by atoms with van der Waals surface area (Å²) in [6.45, 7) is 1.32. The number of anilines is 1. The lowest BCUT2D eigenvalue weighted by atomic mass is 9.75. The molecule has 2 aromatic rings. The molecule has 0 saturated carbocycles. The molecular formula is C21H17N2O6-. The van der Waals surface area contributed by atoms with Crippen molar-refractivity contribution in [1.29, 1.82) is 0 Å². The number of benzene rings is 2. The van der Waals surface area contributed by atoms with Crippen molar-refractivity contribution in [2.45, 2.75) is 25.3 Å². The first-order valence-electron chi connectivity index (χ1n) is 9.11. The molecule has 0 spiro atoms. The summed E-state index contributed by atoms with van der Waals surface area (Å²) in [6, 6.07) is 9.09. The van der Waals surface area contributed by atoms with E-state index in [9.17, 15) is 24.8 Å². The molecular weight excluding hydrogens is 376 g/mol. The van der Waals surface area contributed by atoms with Crippen molar-refractivity contribution >= 4 is 23.3 Å². The molecule has 148 valence electrons. The summed E-state index contributed by atoms with van der Waals surface area (Å²) in [6.07, 6.45) is 4.55. The van der Waals surface area contributed by atoms with Crippen LogP contribution < -0.4 is 15.2 Å². The van der Waals surface area contributed by atoms with Crippen molar-refractivity contribution in [2.75, 3.05) is 5.32 Å². The van der Waals surface area contributed by atoms with Gasteiger partial charge in [0.25, 0.3) is 5.69 Å². The number of carboxylic acids is 1. The first-order valence-corrected chi connectivity index (χ1v) is 9.11. The maximum Gasteiger partial charge on any atom is 0.308 e. The number of nitro benzene ring substituents is 1. The molecule has 1 N–H and O–H groups in total. The van der Waals surface area contributed by atoms with E-state index in [0.717, 1.165) is 5.56 Å². The number of fused-ring (bicyclic) bond motifs is 3. The zero-order chi connectivity index (χ0) is 20.7. The third-order valence-corrected chi connectivity index (χ3v) is 5.41. The molecule has 2 aromatic carbocycles. The van der Waals surface area contributed by atoms with Crippen LogP contribution in [0.5, 0.6) is 5.75 Å². The van der Waals surface area contributed by atoms with E-state index in [0.29, 0.717) is 17.7 Å². The van der Waals surface area contributed by atoms with Crippen molar-refractivity contribution in [1.82, 2.24) is 0 Å². The molecule has 2 aliphatic rings. The van der Waals surface area contributed by atoms with Gasteiger partial charge in [-0.2, -0.15) is 0 Å². The van der Waals surface area contributed by atoms with Crippen LogP contribution in [0.2, 0.25) is 0 Å². The molecule has 4 rings (SSSR count). The molecule has 0 aromatic heterocycles. The van der Waals surface area contributed by atoms with Gasteiger partial charge in [-0.1, -0.05) is 24.3 Å². The van der Waals surface area contributed by atoms with E-state index in [1.54, 1.807) is 24.3 Å². The summed E-state index contributed by atoms with van der Waals surface area (Å²) in [5.74, 6) is -1.71. The molecule has 0 unspecified atom stereocenters. The monoisotopic (exact) mass is 393 g/mol. The predicted molar refractivity (Wildman–Crippen MR) is 102 cm³/mol. The Morgan fingerprint density at radius 2 is 1.90 bits per heavy atom. The minimum atomic E-state index is -1.40. The number of nitro groups is 1. The van der Waals surface area contributed by atoms with Crippen LogP contribution in [0, 0.1) is 16.0 Å². The lowest BCUT2D eigenvalue weighted by Gasteiger charge is -2.38. The van der Waals surface area contributed by atoms with Crippen molar-refractivity contribution in [3.63, 3.8) is 0 Å². The van der Waals surface area contributed by atoms with Crippen LogP contribution in [0.15, 0.2) is 48.6 Å². The van der Waals surface area contributed by atoms with Gasteiger partial charge in [0.1, 0.15) is 5.75 Å². The number of esters is 1. The number of hydrogen-bond donors (Lipinski definition) is 1. The van der Waals surface area contributed by atoms with Gasteiger partial charge in [0, 0.05) is 24.5 Å². The molecule has 0 bridgehead atoms. The number of carboxylic acid groups (broad SMARTS) is 1. The highest BCUT2D eigenvalue weighted by molar-refractivity contribution is 5.95. The SMILES string of the molecule is CC(=O)Oc1ccc([C@H]2Nc3c(C(=O)[O-])ccc([N+](=O)[O-])c3[C@@H]3C=CC[C@@H]23)cc1. The Morgan fingerprint density at radius 1 is 1.17 bits per heavy atom. The van der Waals surface area contributed by atoms with E-state index < -0.39 is 16.9 Å². The topological polar surface area (TPSA) is 122 Å². The van der Waals surface area contributed by atoms with Gasteiger partial charge in [0.15, 0.2) is 0 Å². The van der Waals surface area contributed by atoms with Gasteiger partial charge >= 0.3 is 5.97 Å². The number of hydrogen-bond acceptors (Lipinski definition) is 7. The molecule has 0 fully saturated rings. The molecule has 8 heteroatoms. The van der Waals surface area contributed by atoms with Crippen LogP contribution in [-0.2, 0) is 4.79 Å². The van der Waals surface area contributed by atoms with E-state index >= 15 is 0 Å². The summed E-state index contributed by atoms with van der Waals surface area (Å²) in [5, 5.41) is 26.4. The molecule has 0 saturated heterocycles. The van der Waals surface area contributed by atoms with E-state index in [1.165, 1.54) is 19.1 Å². The van der Waals surface area contributed by atoms with Crippen LogP contribution in [0.1, 0.15) is 46.8 Å². The molecule has 0 radical (unpaired) electrons. The van der Waals surface area contributed by atoms with Crippen molar-refractivity contribution in [3.8, 4) is 5.75 Å². The van der Waals surface area contributed by atoms with Gasteiger partial charge in [-0.25, -0.2) is 0 Å². The third-order valence-electron chi connectivity index (χ3n) is 5.41. The fraction of sp³-hybridized carbons (Fsp3) is 0.238. The molecule has 0 amide bonds. The second kappa shape index (κ2) is 7.05. The standard InChI is InChI=1S/C21H18N2O6/c1-11(24)29-13-7-5-12(6-8-13)19-15-4-2-3-14(15)18-17(23(27)28)10-9-16(21(25)26)20(18)22-19/h2-3,5-10,14-15,19,22H,4H2,1H3,(H,25,26)/p-1/t14-,15-,19-/m1/s1. The van der Waals surface area contributed by atoms with Crippen LogP contribution in [0.3, 0.4) is 0 Å². The predicted octanol–water partition coefficient (Wildman–Crippen LogP) is 2.71. The molecule has 8 nitrogen and oxygen atoms in total. The van der Waals surface area contributed by atoms with Crippen LogP contribution in [0.4, 0.5) is 11.4 Å². The average molecular weight is 393 g/mol. The first kappa shape index (κ1) is 18.7. The second-order valence-electron chi connectivity index (χ2n) is 7.10. The number of nitrogens with zero attached hydrogens (tertiary/aromatic N) is 1. The van der Waals surface area contributed by atoms with Crippen molar-refractivity contribution in [3.05, 3.63) is 75.4 Å². The molecule has 29 heavy (non-hydrogen) atoms. The molecule has 1 aliphatic carbocycles. The van der Waals surface area contributed by atoms with Gasteiger partial charge < -0.3 is 20.0 Å². The van der Waals surface area contributed by atoms with Crippen LogP contribution in [0.25, 0.3) is 0 Å². The first-order chi connectivity index (χ1) is 13.9. The number of aromatic carboxylic acids is 1. The number of ether oxygens (including phenoxy) is 1. The minimum Gasteiger partial charge on any atom is -0.545 e. The van der Waals surface area contributed by atoms with E-state index in [1.807, 2.05) is 12.2 Å². The van der Waals surface area contributed by atoms with Gasteiger partial charge in [-0.05, 0) is 36.1 Å². The summed E-state index contributed by atoms with van der Waals surface area (Å²) in [4.78, 5) is 33.8. The summed E-state index contributed by atoms with van der Waals surface area (Å²) >= 11 is 0. The quantitative estimate of drug-likeness (QED) is 0.279. The lowest BCUT2D eigenvalue weighted by Crippen LogP contribution is -2.33. The van der Waals surface area contributed by atoms with Crippen molar-refractivity contribution < 1.29 is 24.4 Å². The Kier molecular flexibility index (Phi) is 4.54. The highest BCUT2D eigenvalue weighted by Crippen LogP contribution is 2.53. The fourth-order valence-electron chi connectivity index (χ4n) is 4.26. The summed E-state index contributed by atoms with van der Waals surface area (Å²) < 4.78 is 5.06. The number of allylic oxidation sites excluding steroid dienone is 2. The van der Waals surface area contributed by atoms with E-state index in [2.05, 4.69) is 5.32 Å². The van der Waals surface area contributed by atoms with Gasteiger partial charge in [0.2, 0.25) is 0 Å². The highest BCUT2D eigenvalue weighted by Gasteiger charge is 2.42. The Morgan fingerprint density at radius 3 is 2.52 bits per heavy atom. The largest absolute Gasteiger partial charge is 0.545 e. The minimum absolute atomic E-state index is 0.0159. The van der Waals surface area contributed by atoms with Crippen LogP contribution >= 0.6 is 0 Å². The fourth-order valence-corrected chi connectivity index (χ4v) is 4.26. The Balaban J connectivity index is 1.80. The summed E-state index contributed by atoms with van der Waals surface area (Å²) in [7, 11) is 0. The van der Waals surface area contributed by atoms with E-state index in [4.69, 9.17) is 4.74 Å². The average Bonchev–Trinajstić information content (AvgIpc) is 3.16. The zero-order valence-electron chi connectivity index (χ0n) is 15.5. The normalized spacial score (nSPS) is 21.6. The lowest BCUT2D eigenvalue weighted by molar-refractivity contribution is -0.385. The van der Waals surface area contributed by atoms with Gasteiger partial charge in [0.05, 0.1) is 28.2 Å². The number of carbonyl (C=O) groups excluding carboxylic acids is 2. The third kappa shape index (κ3) is 3.22. The second-order valence-corrected chi connectivity index (χ2v) is 7.10. The van der Waals surface area contributed by atoms with Gasteiger partial charge in [-0.3, -0.25) is 14.9 Å². The molecule has 3 atom stereocenters. The number of nitrogens with one attached hydrogen (secondary N) is 1. The highest BCUT2D eigenvalue weighted by atomic mass is 16.6. The van der Waals surface area contributed by atoms with Gasteiger partial charge in [-0.15, -0.1) is 0 Å². The Hall–Kier alpha value is -3.68. The zero-order valence-corrected chi connectivity index (χ0v) is 15.5. The number of rotatable bonds is 4. The molecule has 1 aliphatic heterocycles. The maximum atomic E-state index is 11.6. The Labute approximate surface area is 166 Å². The maximum absolute atomic E-state index is 11.6. The molecule has 1 heterocycles. The van der Waals surface area contributed by atoms with E-state index in [-0.39, 0.29) is 34.8 Å². The smallest absolute Gasteiger partial charge is 0.308 e. The number of carbonyl (C=O) groups is 2.